The van der Waals surface area contributed by atoms with Crippen LogP contribution in [0.25, 0.3) is 10.7 Å². The number of carbonyl (C=O) groups excluding carboxylic acids is 1. The summed E-state index contributed by atoms with van der Waals surface area (Å²) in [4.78, 5) is 21.2. The molecule has 0 radical (unpaired) electrons. The Hall–Kier alpha value is -2.53. The molecular weight excluding hydrogens is 330 g/mol. The van der Waals surface area contributed by atoms with Crippen LogP contribution in [0.4, 0.5) is 0 Å². The zero-order chi connectivity index (χ0) is 17.1. The standard InChI is InChI=1S/C20H19N3OS/c24-19(17-12-16(17)14-6-2-1-3-7-14)22-11-9-15-13-25-20(23-15)18-8-4-5-10-21-18/h1-8,10,13,16-17H,9,11-12H2,(H,22,24). The summed E-state index contributed by atoms with van der Waals surface area (Å²) >= 11 is 1.59. The summed E-state index contributed by atoms with van der Waals surface area (Å²) in [5, 5.41) is 6.02. The van der Waals surface area contributed by atoms with Gasteiger partial charge in [0.1, 0.15) is 5.01 Å². The van der Waals surface area contributed by atoms with Crippen LogP contribution in [0.5, 0.6) is 0 Å². The molecular formula is C20H19N3OS. The van der Waals surface area contributed by atoms with Crippen molar-refractivity contribution < 1.29 is 4.79 Å². The molecule has 0 aliphatic heterocycles. The van der Waals surface area contributed by atoms with Crippen LogP contribution < -0.4 is 5.32 Å². The Morgan fingerprint density at radius 3 is 2.80 bits per heavy atom. The van der Waals surface area contributed by atoms with Crippen molar-refractivity contribution in [2.75, 3.05) is 6.54 Å². The van der Waals surface area contributed by atoms with Gasteiger partial charge in [-0.3, -0.25) is 9.78 Å². The van der Waals surface area contributed by atoms with Gasteiger partial charge in [-0.2, -0.15) is 0 Å². The van der Waals surface area contributed by atoms with Gasteiger partial charge in [0.15, 0.2) is 0 Å². The third kappa shape index (κ3) is 3.77. The normalized spacial score (nSPS) is 18.7. The van der Waals surface area contributed by atoms with E-state index in [4.69, 9.17) is 0 Å². The highest BCUT2D eigenvalue weighted by Crippen LogP contribution is 2.47. The fourth-order valence-electron chi connectivity index (χ4n) is 3.03. The van der Waals surface area contributed by atoms with Crippen LogP contribution in [0.2, 0.25) is 0 Å². The van der Waals surface area contributed by atoms with E-state index in [2.05, 4.69) is 27.4 Å². The molecule has 5 heteroatoms. The lowest BCUT2D eigenvalue weighted by atomic mass is 10.1. The third-order valence-electron chi connectivity index (χ3n) is 4.47. The number of hydrogen-bond acceptors (Lipinski definition) is 4. The molecule has 1 saturated carbocycles. The number of amides is 1. The van der Waals surface area contributed by atoms with Crippen molar-refractivity contribution >= 4 is 17.2 Å². The van der Waals surface area contributed by atoms with Crippen molar-refractivity contribution in [2.45, 2.75) is 18.8 Å². The van der Waals surface area contributed by atoms with Gasteiger partial charge in [0.05, 0.1) is 11.4 Å². The molecule has 1 N–H and O–H groups in total. The monoisotopic (exact) mass is 349 g/mol. The Kier molecular flexibility index (Phi) is 4.57. The lowest BCUT2D eigenvalue weighted by Crippen LogP contribution is -2.27. The van der Waals surface area contributed by atoms with Gasteiger partial charge in [-0.15, -0.1) is 11.3 Å². The molecule has 0 spiro atoms. The molecule has 1 aromatic carbocycles. The minimum absolute atomic E-state index is 0.127. The summed E-state index contributed by atoms with van der Waals surface area (Å²) in [6, 6.07) is 16.1. The average molecular weight is 349 g/mol. The molecule has 126 valence electrons. The molecule has 2 unspecified atom stereocenters. The summed E-state index contributed by atoms with van der Waals surface area (Å²) in [5.74, 6) is 0.673. The fourth-order valence-corrected chi connectivity index (χ4v) is 3.86. The fraction of sp³-hybridized carbons (Fsp3) is 0.250. The lowest BCUT2D eigenvalue weighted by Gasteiger charge is -2.04. The first kappa shape index (κ1) is 16.0. The number of rotatable bonds is 6. The predicted molar refractivity (Wildman–Crippen MR) is 99.3 cm³/mol. The van der Waals surface area contributed by atoms with Crippen molar-refractivity contribution in [1.82, 2.24) is 15.3 Å². The van der Waals surface area contributed by atoms with E-state index in [-0.39, 0.29) is 11.8 Å². The number of pyridine rings is 1. The summed E-state index contributed by atoms with van der Waals surface area (Å²) in [6.07, 6.45) is 3.48. The number of carbonyl (C=O) groups is 1. The number of hydrogen-bond donors (Lipinski definition) is 1. The Bertz CT molecular complexity index is 848. The molecule has 3 aromatic rings. The minimum Gasteiger partial charge on any atom is -0.355 e. The van der Waals surface area contributed by atoms with Crippen molar-refractivity contribution in [2.24, 2.45) is 5.92 Å². The van der Waals surface area contributed by atoms with E-state index < -0.39 is 0 Å². The highest BCUT2D eigenvalue weighted by molar-refractivity contribution is 7.13. The topological polar surface area (TPSA) is 54.9 Å². The van der Waals surface area contributed by atoms with Crippen LogP contribution in [0.1, 0.15) is 23.6 Å². The third-order valence-corrected chi connectivity index (χ3v) is 5.38. The molecule has 1 amide bonds. The number of benzene rings is 1. The van der Waals surface area contributed by atoms with Crippen LogP contribution in [0.15, 0.2) is 60.1 Å². The van der Waals surface area contributed by atoms with Gasteiger partial charge in [-0.1, -0.05) is 36.4 Å². The number of nitrogens with one attached hydrogen (secondary N) is 1. The maximum Gasteiger partial charge on any atom is 0.223 e. The maximum atomic E-state index is 12.3. The van der Waals surface area contributed by atoms with Gasteiger partial charge in [0.25, 0.3) is 0 Å². The van der Waals surface area contributed by atoms with Crippen molar-refractivity contribution in [3.8, 4) is 10.7 Å². The number of aromatic nitrogens is 2. The van der Waals surface area contributed by atoms with Crippen LogP contribution in [0.3, 0.4) is 0 Å². The Morgan fingerprint density at radius 2 is 2.00 bits per heavy atom. The number of nitrogens with zero attached hydrogens (tertiary/aromatic N) is 2. The van der Waals surface area contributed by atoms with Crippen molar-refractivity contribution in [3.05, 3.63) is 71.4 Å². The zero-order valence-electron chi connectivity index (χ0n) is 13.8. The molecule has 1 aliphatic carbocycles. The molecule has 2 heterocycles. The van der Waals surface area contributed by atoms with Gasteiger partial charge in [0.2, 0.25) is 5.91 Å². The second kappa shape index (κ2) is 7.15. The van der Waals surface area contributed by atoms with E-state index in [0.717, 1.165) is 29.2 Å². The second-order valence-electron chi connectivity index (χ2n) is 6.26. The molecule has 2 aromatic heterocycles. The minimum atomic E-state index is 0.127. The van der Waals surface area contributed by atoms with Gasteiger partial charge < -0.3 is 5.32 Å². The van der Waals surface area contributed by atoms with E-state index in [9.17, 15) is 4.79 Å². The molecule has 4 rings (SSSR count). The van der Waals surface area contributed by atoms with E-state index in [1.807, 2.05) is 41.8 Å². The summed E-state index contributed by atoms with van der Waals surface area (Å²) in [6.45, 7) is 0.627. The first-order chi connectivity index (χ1) is 12.3. The molecule has 4 nitrogen and oxygen atoms in total. The van der Waals surface area contributed by atoms with Gasteiger partial charge in [-0.05, 0) is 30.0 Å². The Labute approximate surface area is 151 Å². The van der Waals surface area contributed by atoms with Crippen LogP contribution in [0, 0.1) is 5.92 Å². The molecule has 1 aliphatic rings. The summed E-state index contributed by atoms with van der Waals surface area (Å²) in [7, 11) is 0. The van der Waals surface area contributed by atoms with Gasteiger partial charge in [-0.25, -0.2) is 4.98 Å². The number of thiazole rings is 1. The predicted octanol–water partition coefficient (Wildman–Crippen LogP) is 3.67. The first-order valence-electron chi connectivity index (χ1n) is 8.50. The Morgan fingerprint density at radius 1 is 1.16 bits per heavy atom. The van der Waals surface area contributed by atoms with Crippen molar-refractivity contribution in [3.63, 3.8) is 0 Å². The van der Waals surface area contributed by atoms with Gasteiger partial charge in [0, 0.05) is 30.5 Å². The quantitative estimate of drug-likeness (QED) is 0.739. The van der Waals surface area contributed by atoms with Gasteiger partial charge >= 0.3 is 0 Å². The highest BCUT2D eigenvalue weighted by Gasteiger charge is 2.43. The molecule has 2 atom stereocenters. The van der Waals surface area contributed by atoms with Crippen LogP contribution in [-0.4, -0.2) is 22.4 Å². The molecule has 1 fully saturated rings. The SMILES string of the molecule is O=C(NCCc1csc(-c2ccccn2)n1)C1CC1c1ccccc1. The first-order valence-corrected chi connectivity index (χ1v) is 9.37. The highest BCUT2D eigenvalue weighted by atomic mass is 32.1. The molecule has 25 heavy (non-hydrogen) atoms. The maximum absolute atomic E-state index is 12.3. The van der Waals surface area contributed by atoms with Crippen LogP contribution >= 0.6 is 11.3 Å². The van der Waals surface area contributed by atoms with E-state index >= 15 is 0 Å². The van der Waals surface area contributed by atoms with Crippen molar-refractivity contribution in [1.29, 1.82) is 0 Å². The smallest absolute Gasteiger partial charge is 0.223 e. The largest absolute Gasteiger partial charge is 0.355 e. The molecule has 0 saturated heterocycles. The summed E-state index contributed by atoms with van der Waals surface area (Å²) in [5.41, 5.74) is 3.16. The molecule has 0 bridgehead atoms. The Balaban J connectivity index is 1.26. The second-order valence-corrected chi connectivity index (χ2v) is 7.12. The van der Waals surface area contributed by atoms with E-state index in [0.29, 0.717) is 12.5 Å². The average Bonchev–Trinajstić information content (AvgIpc) is 3.34. The van der Waals surface area contributed by atoms with Crippen LogP contribution in [-0.2, 0) is 11.2 Å². The lowest BCUT2D eigenvalue weighted by molar-refractivity contribution is -0.122. The van der Waals surface area contributed by atoms with E-state index in [1.54, 1.807) is 17.5 Å². The summed E-state index contributed by atoms with van der Waals surface area (Å²) < 4.78 is 0. The zero-order valence-corrected chi connectivity index (χ0v) is 14.6. The van der Waals surface area contributed by atoms with E-state index in [1.165, 1.54) is 5.56 Å².